The molecule has 17 heavy (non-hydrogen) atoms. The normalized spacial score (nSPS) is 8.59. The van der Waals surface area contributed by atoms with Gasteiger partial charge in [-0.1, -0.05) is 13.2 Å². The quantitative estimate of drug-likeness (QED) is 0.343. The third kappa shape index (κ3) is 13.6. The Morgan fingerprint density at radius 3 is 2.00 bits per heavy atom. The van der Waals surface area contributed by atoms with Crippen LogP contribution in [0.5, 0.6) is 0 Å². The third-order valence-electron chi connectivity index (χ3n) is 1.12. The van der Waals surface area contributed by atoms with E-state index in [4.69, 9.17) is 5.11 Å². The summed E-state index contributed by atoms with van der Waals surface area (Å²) in [7, 11) is 1.20. The highest BCUT2D eigenvalue weighted by atomic mass is 16.5. The molecule has 6 heteroatoms. The van der Waals surface area contributed by atoms with Crippen LogP contribution in [0.1, 0.15) is 6.92 Å². The summed E-state index contributed by atoms with van der Waals surface area (Å²) < 4.78 is 8.43. The van der Waals surface area contributed by atoms with Crippen LogP contribution in [0, 0.1) is 0 Å². The number of methoxy groups -OCH3 is 1. The van der Waals surface area contributed by atoms with Crippen molar-refractivity contribution in [3.63, 3.8) is 0 Å². The van der Waals surface area contributed by atoms with E-state index in [-0.39, 0.29) is 11.5 Å². The summed E-state index contributed by atoms with van der Waals surface area (Å²) in [6.45, 7) is 7.75. The monoisotopic (exact) mass is 242 g/mol. The van der Waals surface area contributed by atoms with E-state index in [2.05, 4.69) is 22.6 Å². The molecule has 1 N–H and O–H groups in total. The Bertz CT molecular complexity index is 340. The number of hydrogen-bond acceptors (Lipinski definition) is 5. The van der Waals surface area contributed by atoms with E-state index in [9.17, 15) is 14.4 Å². The van der Waals surface area contributed by atoms with Gasteiger partial charge in [0.1, 0.15) is 0 Å². The molecule has 0 saturated heterocycles. The van der Waals surface area contributed by atoms with Gasteiger partial charge in [-0.05, 0) is 6.08 Å². The van der Waals surface area contributed by atoms with Crippen molar-refractivity contribution in [2.75, 3.05) is 7.11 Å². The van der Waals surface area contributed by atoms with Crippen molar-refractivity contribution in [2.45, 2.75) is 6.92 Å². The van der Waals surface area contributed by atoms with Crippen molar-refractivity contribution in [3.05, 3.63) is 37.1 Å². The summed E-state index contributed by atoms with van der Waals surface area (Å²) in [5, 5.41) is 8.14. The van der Waals surface area contributed by atoms with Crippen LogP contribution in [0.4, 0.5) is 0 Å². The summed E-state index contributed by atoms with van der Waals surface area (Å²) in [5.74, 6) is -2.09. The number of carboxylic acid groups (broad SMARTS) is 1. The molecule has 0 radical (unpaired) electrons. The van der Waals surface area contributed by atoms with Gasteiger partial charge in [0.15, 0.2) is 0 Å². The number of carbonyl (C=O) groups is 3. The molecule has 94 valence electrons. The first-order valence-corrected chi connectivity index (χ1v) is 4.31. The molecule has 0 aromatic carbocycles. The lowest BCUT2D eigenvalue weighted by molar-refractivity contribution is -0.136. The zero-order valence-electron chi connectivity index (χ0n) is 9.63. The number of hydrogen-bond donors (Lipinski definition) is 1. The summed E-state index contributed by atoms with van der Waals surface area (Å²) in [5.41, 5.74) is 0.00917. The van der Waals surface area contributed by atoms with Gasteiger partial charge in [0.25, 0.3) is 0 Å². The van der Waals surface area contributed by atoms with Gasteiger partial charge in [0, 0.05) is 13.0 Å². The maximum Gasteiger partial charge on any atom is 0.337 e. The van der Waals surface area contributed by atoms with Crippen LogP contribution in [0.25, 0.3) is 0 Å². The van der Waals surface area contributed by atoms with Crippen molar-refractivity contribution in [2.24, 2.45) is 0 Å². The minimum absolute atomic E-state index is 0.00917. The molecule has 0 aliphatic heterocycles. The van der Waals surface area contributed by atoms with Crippen LogP contribution in [-0.4, -0.2) is 30.1 Å². The van der Waals surface area contributed by atoms with Crippen molar-refractivity contribution >= 4 is 17.9 Å². The van der Waals surface area contributed by atoms with Crippen molar-refractivity contribution in [1.82, 2.24) is 0 Å². The van der Waals surface area contributed by atoms with Gasteiger partial charge in [-0.25, -0.2) is 9.59 Å². The Hall–Kier alpha value is -2.37. The number of esters is 2. The van der Waals surface area contributed by atoms with E-state index in [1.54, 1.807) is 0 Å². The van der Waals surface area contributed by atoms with Crippen LogP contribution < -0.4 is 0 Å². The summed E-state index contributed by atoms with van der Waals surface area (Å²) >= 11 is 0. The van der Waals surface area contributed by atoms with Gasteiger partial charge in [0.2, 0.25) is 0 Å². The van der Waals surface area contributed by atoms with Gasteiger partial charge >= 0.3 is 17.9 Å². The fraction of sp³-hybridized carbons (Fsp3) is 0.182. The Kier molecular flexibility index (Phi) is 10.2. The Morgan fingerprint density at radius 2 is 1.76 bits per heavy atom. The topological polar surface area (TPSA) is 89.9 Å². The molecule has 0 spiro atoms. The molecule has 0 saturated carbocycles. The molecular formula is C11H14O6. The molecule has 6 nitrogen and oxygen atoms in total. The Morgan fingerprint density at radius 1 is 1.24 bits per heavy atom. The average Bonchev–Trinajstić information content (AvgIpc) is 2.25. The van der Waals surface area contributed by atoms with E-state index in [1.165, 1.54) is 14.0 Å². The first kappa shape index (κ1) is 17.0. The van der Waals surface area contributed by atoms with E-state index in [1.807, 2.05) is 0 Å². The molecular weight excluding hydrogens is 228 g/mol. The fourth-order valence-corrected chi connectivity index (χ4v) is 0.488. The predicted molar refractivity (Wildman–Crippen MR) is 59.9 cm³/mol. The lowest BCUT2D eigenvalue weighted by atomic mass is 10.3. The number of rotatable bonds is 4. The SMILES string of the molecule is C=C(C=CC(=O)O)C(=O)OC.C=COC(C)=O. The van der Waals surface area contributed by atoms with Gasteiger partial charge in [-0.2, -0.15) is 0 Å². The second kappa shape index (κ2) is 10.2. The highest BCUT2D eigenvalue weighted by Gasteiger charge is 2.01. The molecule has 0 aromatic rings. The maximum atomic E-state index is 10.6. The summed E-state index contributed by atoms with van der Waals surface area (Å²) in [6, 6.07) is 0. The molecule has 0 fully saturated rings. The molecule has 0 aliphatic carbocycles. The third-order valence-corrected chi connectivity index (χ3v) is 1.12. The molecule has 0 amide bonds. The van der Waals surface area contributed by atoms with Crippen molar-refractivity contribution in [1.29, 1.82) is 0 Å². The molecule has 0 heterocycles. The first-order chi connectivity index (χ1) is 7.84. The highest BCUT2D eigenvalue weighted by molar-refractivity contribution is 5.92. The zero-order valence-corrected chi connectivity index (χ0v) is 9.63. The minimum atomic E-state index is -1.13. The Labute approximate surface area is 98.8 Å². The van der Waals surface area contributed by atoms with Crippen LogP contribution in [-0.2, 0) is 23.9 Å². The van der Waals surface area contributed by atoms with Gasteiger partial charge < -0.3 is 14.6 Å². The lowest BCUT2D eigenvalue weighted by Gasteiger charge is -1.94. The van der Waals surface area contributed by atoms with Crippen LogP contribution >= 0.6 is 0 Å². The van der Waals surface area contributed by atoms with Crippen LogP contribution in [0.15, 0.2) is 37.1 Å². The number of aliphatic carboxylic acids is 1. The van der Waals surface area contributed by atoms with Crippen LogP contribution in [0.3, 0.4) is 0 Å². The van der Waals surface area contributed by atoms with Crippen molar-refractivity contribution in [3.8, 4) is 0 Å². The fourth-order valence-electron chi connectivity index (χ4n) is 0.488. The second-order valence-corrected chi connectivity index (χ2v) is 2.46. The summed E-state index contributed by atoms with van der Waals surface area (Å²) in [4.78, 5) is 30.2. The Balaban J connectivity index is 0. The van der Waals surface area contributed by atoms with Crippen molar-refractivity contribution < 1.29 is 29.0 Å². The number of ether oxygens (including phenoxy) is 2. The highest BCUT2D eigenvalue weighted by Crippen LogP contribution is 1.94. The molecule has 0 rings (SSSR count). The molecule has 0 bridgehead atoms. The largest absolute Gasteiger partial charge is 0.478 e. The predicted octanol–water partition coefficient (Wildman–Crippen LogP) is 1.05. The number of carboxylic acids is 1. The first-order valence-electron chi connectivity index (χ1n) is 4.31. The van der Waals surface area contributed by atoms with E-state index in [0.717, 1.165) is 18.4 Å². The van der Waals surface area contributed by atoms with E-state index in [0.29, 0.717) is 0 Å². The van der Waals surface area contributed by atoms with Gasteiger partial charge in [-0.15, -0.1) is 0 Å². The average molecular weight is 242 g/mol. The molecule has 0 unspecified atom stereocenters. The maximum absolute atomic E-state index is 10.6. The molecule has 0 aliphatic rings. The van der Waals surface area contributed by atoms with Gasteiger partial charge in [-0.3, -0.25) is 4.79 Å². The van der Waals surface area contributed by atoms with E-state index >= 15 is 0 Å². The van der Waals surface area contributed by atoms with Gasteiger partial charge in [0.05, 0.1) is 18.9 Å². The minimum Gasteiger partial charge on any atom is -0.478 e. The van der Waals surface area contributed by atoms with E-state index < -0.39 is 11.9 Å². The molecule has 0 atom stereocenters. The lowest BCUT2D eigenvalue weighted by Crippen LogP contribution is -2.01. The van der Waals surface area contributed by atoms with Crippen LogP contribution in [0.2, 0.25) is 0 Å². The number of carbonyl (C=O) groups excluding carboxylic acids is 2. The standard InChI is InChI=1S/C7H8O4.C4H6O2/c1-5(7(10)11-2)3-4-6(8)9;1-3-6-4(2)5/h3-4H,1H2,2H3,(H,8,9);3H,1H2,2H3. The smallest absolute Gasteiger partial charge is 0.337 e. The second-order valence-electron chi connectivity index (χ2n) is 2.46. The zero-order chi connectivity index (χ0) is 13.8. The molecule has 0 aromatic heterocycles. The summed E-state index contributed by atoms with van der Waals surface area (Å²) in [6.07, 6.45) is 3.00.